The first kappa shape index (κ1) is 8.62. The van der Waals surface area contributed by atoms with Gasteiger partial charge in [0, 0.05) is 27.5 Å². The molecule has 1 nitrogen and oxygen atoms in total. The standard InChI is InChI=1S/C13H9NS/c1-2-6-12-10(4-1)8-13(15-12)11-5-3-7-14-9-11/h1-9H. The summed E-state index contributed by atoms with van der Waals surface area (Å²) in [7, 11) is 0. The Morgan fingerprint density at radius 2 is 1.93 bits per heavy atom. The molecule has 0 aliphatic rings. The van der Waals surface area contributed by atoms with E-state index in [-0.39, 0.29) is 0 Å². The van der Waals surface area contributed by atoms with Gasteiger partial charge < -0.3 is 0 Å². The first-order chi connectivity index (χ1) is 7.43. The molecule has 0 atom stereocenters. The predicted molar refractivity (Wildman–Crippen MR) is 65.1 cm³/mol. The minimum Gasteiger partial charge on any atom is -0.264 e. The predicted octanol–water partition coefficient (Wildman–Crippen LogP) is 3.96. The Labute approximate surface area is 92.0 Å². The molecular formula is C13H9NS. The lowest BCUT2D eigenvalue weighted by Crippen LogP contribution is -1.72. The maximum absolute atomic E-state index is 4.14. The quantitative estimate of drug-likeness (QED) is 0.593. The van der Waals surface area contributed by atoms with Crippen LogP contribution in [0, 0.1) is 0 Å². The Bertz CT molecular complexity index is 551. The van der Waals surface area contributed by atoms with E-state index in [2.05, 4.69) is 41.4 Å². The van der Waals surface area contributed by atoms with E-state index in [0.717, 1.165) is 0 Å². The van der Waals surface area contributed by atoms with Gasteiger partial charge in [-0.15, -0.1) is 11.3 Å². The van der Waals surface area contributed by atoms with Gasteiger partial charge >= 0.3 is 0 Å². The zero-order valence-corrected chi connectivity index (χ0v) is 8.87. The van der Waals surface area contributed by atoms with Gasteiger partial charge in [-0.05, 0) is 23.6 Å². The van der Waals surface area contributed by atoms with Gasteiger partial charge in [-0.2, -0.15) is 0 Å². The van der Waals surface area contributed by atoms with Crippen molar-refractivity contribution in [1.82, 2.24) is 4.98 Å². The van der Waals surface area contributed by atoms with Crippen LogP contribution in [0.4, 0.5) is 0 Å². The summed E-state index contributed by atoms with van der Waals surface area (Å²) in [6.45, 7) is 0. The van der Waals surface area contributed by atoms with Crippen LogP contribution in [-0.2, 0) is 0 Å². The van der Waals surface area contributed by atoms with E-state index >= 15 is 0 Å². The highest BCUT2D eigenvalue weighted by Gasteiger charge is 2.02. The summed E-state index contributed by atoms with van der Waals surface area (Å²) in [4.78, 5) is 5.42. The zero-order chi connectivity index (χ0) is 10.1. The Hall–Kier alpha value is -1.67. The highest BCUT2D eigenvalue weighted by molar-refractivity contribution is 7.22. The van der Waals surface area contributed by atoms with Gasteiger partial charge in [-0.25, -0.2) is 0 Å². The molecule has 0 N–H and O–H groups in total. The molecule has 0 spiro atoms. The van der Waals surface area contributed by atoms with E-state index in [1.807, 2.05) is 23.6 Å². The molecule has 72 valence electrons. The molecular weight excluding hydrogens is 202 g/mol. The third-order valence-corrected chi connectivity index (χ3v) is 3.54. The molecule has 2 heterocycles. The van der Waals surface area contributed by atoms with E-state index in [1.165, 1.54) is 20.5 Å². The highest BCUT2D eigenvalue weighted by atomic mass is 32.1. The van der Waals surface area contributed by atoms with Gasteiger partial charge in [-0.1, -0.05) is 24.3 Å². The Balaban J connectivity index is 2.21. The highest BCUT2D eigenvalue weighted by Crippen LogP contribution is 2.32. The molecule has 2 aromatic heterocycles. The summed E-state index contributed by atoms with van der Waals surface area (Å²) in [5.74, 6) is 0. The van der Waals surface area contributed by atoms with Crippen LogP contribution in [0.1, 0.15) is 0 Å². The Morgan fingerprint density at radius 3 is 2.73 bits per heavy atom. The van der Waals surface area contributed by atoms with Crippen molar-refractivity contribution in [3.05, 3.63) is 54.9 Å². The number of hydrogen-bond acceptors (Lipinski definition) is 2. The van der Waals surface area contributed by atoms with Crippen molar-refractivity contribution in [1.29, 1.82) is 0 Å². The number of nitrogens with zero attached hydrogens (tertiary/aromatic N) is 1. The van der Waals surface area contributed by atoms with Crippen LogP contribution in [0.15, 0.2) is 54.9 Å². The van der Waals surface area contributed by atoms with Gasteiger partial charge in [0.25, 0.3) is 0 Å². The number of thiophene rings is 1. The number of aromatic nitrogens is 1. The summed E-state index contributed by atoms with van der Waals surface area (Å²) in [6, 6.07) is 14.7. The summed E-state index contributed by atoms with van der Waals surface area (Å²) in [6.07, 6.45) is 3.71. The van der Waals surface area contributed by atoms with Gasteiger partial charge in [0.1, 0.15) is 0 Å². The molecule has 0 radical (unpaired) electrons. The number of pyridine rings is 1. The molecule has 3 rings (SSSR count). The molecule has 0 bridgehead atoms. The molecule has 0 unspecified atom stereocenters. The van der Waals surface area contributed by atoms with Crippen LogP contribution in [-0.4, -0.2) is 4.98 Å². The van der Waals surface area contributed by atoms with E-state index in [0.29, 0.717) is 0 Å². The van der Waals surface area contributed by atoms with Crippen molar-refractivity contribution >= 4 is 21.4 Å². The summed E-state index contributed by atoms with van der Waals surface area (Å²) in [5.41, 5.74) is 1.19. The van der Waals surface area contributed by atoms with Crippen molar-refractivity contribution in [3.8, 4) is 10.4 Å². The lowest BCUT2D eigenvalue weighted by Gasteiger charge is -1.92. The molecule has 2 heteroatoms. The van der Waals surface area contributed by atoms with Gasteiger partial charge in [0.05, 0.1) is 0 Å². The normalized spacial score (nSPS) is 10.7. The van der Waals surface area contributed by atoms with Crippen LogP contribution in [0.5, 0.6) is 0 Å². The van der Waals surface area contributed by atoms with E-state index in [1.54, 1.807) is 6.20 Å². The minimum absolute atomic E-state index is 1.19. The van der Waals surface area contributed by atoms with Crippen molar-refractivity contribution in [2.45, 2.75) is 0 Å². The SMILES string of the molecule is c1cncc(-c2cc3ccccc3s2)c1. The first-order valence-corrected chi connectivity index (χ1v) is 5.64. The van der Waals surface area contributed by atoms with Crippen LogP contribution in [0.25, 0.3) is 20.5 Å². The lowest BCUT2D eigenvalue weighted by molar-refractivity contribution is 1.33. The Kier molecular flexibility index (Phi) is 2.00. The largest absolute Gasteiger partial charge is 0.264 e. The molecule has 1 aromatic carbocycles. The topological polar surface area (TPSA) is 12.9 Å². The third kappa shape index (κ3) is 1.53. The Morgan fingerprint density at radius 1 is 1.00 bits per heavy atom. The van der Waals surface area contributed by atoms with E-state index in [4.69, 9.17) is 0 Å². The molecule has 0 fully saturated rings. The molecule has 3 aromatic rings. The fraction of sp³-hybridized carbons (Fsp3) is 0. The summed E-state index contributed by atoms with van der Waals surface area (Å²) < 4.78 is 1.33. The van der Waals surface area contributed by atoms with Gasteiger partial charge in [-0.3, -0.25) is 4.98 Å². The maximum atomic E-state index is 4.14. The van der Waals surface area contributed by atoms with Crippen LogP contribution in [0.3, 0.4) is 0 Å². The zero-order valence-electron chi connectivity index (χ0n) is 8.05. The number of rotatable bonds is 1. The van der Waals surface area contributed by atoms with Crippen LogP contribution in [0.2, 0.25) is 0 Å². The van der Waals surface area contributed by atoms with Crippen LogP contribution < -0.4 is 0 Å². The molecule has 0 saturated heterocycles. The first-order valence-electron chi connectivity index (χ1n) is 4.82. The average molecular weight is 211 g/mol. The number of fused-ring (bicyclic) bond motifs is 1. The van der Waals surface area contributed by atoms with Gasteiger partial charge in [0.2, 0.25) is 0 Å². The molecule has 0 aliphatic heterocycles. The van der Waals surface area contributed by atoms with Crippen molar-refractivity contribution in [2.75, 3.05) is 0 Å². The van der Waals surface area contributed by atoms with Crippen molar-refractivity contribution in [2.24, 2.45) is 0 Å². The maximum Gasteiger partial charge on any atom is 0.0370 e. The fourth-order valence-corrected chi connectivity index (χ4v) is 2.69. The second-order valence-corrected chi connectivity index (χ2v) is 4.47. The van der Waals surface area contributed by atoms with E-state index < -0.39 is 0 Å². The third-order valence-electron chi connectivity index (χ3n) is 2.37. The molecule has 0 amide bonds. The van der Waals surface area contributed by atoms with E-state index in [9.17, 15) is 0 Å². The molecule has 0 saturated carbocycles. The summed E-state index contributed by atoms with van der Waals surface area (Å²) >= 11 is 1.81. The second-order valence-electron chi connectivity index (χ2n) is 3.39. The smallest absolute Gasteiger partial charge is 0.0370 e. The molecule has 0 aliphatic carbocycles. The second kappa shape index (κ2) is 3.48. The average Bonchev–Trinajstić information content (AvgIpc) is 2.74. The van der Waals surface area contributed by atoms with Gasteiger partial charge in [0.15, 0.2) is 0 Å². The van der Waals surface area contributed by atoms with Crippen LogP contribution >= 0.6 is 11.3 Å². The van der Waals surface area contributed by atoms with Crippen molar-refractivity contribution in [3.63, 3.8) is 0 Å². The summed E-state index contributed by atoms with van der Waals surface area (Å²) in [5, 5.41) is 1.31. The minimum atomic E-state index is 1.19. The number of benzene rings is 1. The lowest BCUT2D eigenvalue weighted by atomic mass is 10.2. The number of hydrogen-bond donors (Lipinski definition) is 0. The monoisotopic (exact) mass is 211 g/mol. The van der Waals surface area contributed by atoms with Crippen molar-refractivity contribution < 1.29 is 0 Å². The fourth-order valence-electron chi connectivity index (χ4n) is 1.63. The molecule has 15 heavy (non-hydrogen) atoms.